The van der Waals surface area contributed by atoms with Crippen molar-refractivity contribution in [3.63, 3.8) is 0 Å². The van der Waals surface area contributed by atoms with Crippen molar-refractivity contribution in [2.24, 2.45) is 0 Å². The van der Waals surface area contributed by atoms with E-state index in [0.717, 1.165) is 51.4 Å². The maximum absolute atomic E-state index is 12.7. The van der Waals surface area contributed by atoms with Crippen LogP contribution in [0.1, 0.15) is 206 Å². The molecular weight excluding hydrogens is 840 g/mol. The maximum atomic E-state index is 12.7. The molecule has 0 rings (SSSR count). The second-order valence-electron chi connectivity index (χ2n) is 16.8. The van der Waals surface area contributed by atoms with Crippen LogP contribution < -0.4 is 0 Å². The Bertz CT molecular complexity index is 1350. The summed E-state index contributed by atoms with van der Waals surface area (Å²) in [7, 11) is -4.65. The van der Waals surface area contributed by atoms with E-state index in [1.807, 2.05) is 12.2 Å². The lowest BCUT2D eigenvalue weighted by molar-refractivity contribution is -0.161. The number of phosphoric ester groups is 1. The van der Waals surface area contributed by atoms with E-state index in [0.29, 0.717) is 19.3 Å². The highest BCUT2D eigenvalue weighted by atomic mass is 31.2. The zero-order valence-corrected chi connectivity index (χ0v) is 41.8. The quantitative estimate of drug-likeness (QED) is 0.0233. The Morgan fingerprint density at radius 3 is 1.34 bits per heavy atom. The lowest BCUT2D eigenvalue weighted by Gasteiger charge is -2.20. The van der Waals surface area contributed by atoms with Crippen LogP contribution in [0.5, 0.6) is 0 Å². The molecule has 0 aromatic rings. The summed E-state index contributed by atoms with van der Waals surface area (Å²) >= 11 is 0. The van der Waals surface area contributed by atoms with Gasteiger partial charge in [-0.25, -0.2) is 4.57 Å². The van der Waals surface area contributed by atoms with Crippen molar-refractivity contribution in [3.8, 4) is 0 Å². The van der Waals surface area contributed by atoms with Crippen molar-refractivity contribution in [2.75, 3.05) is 26.4 Å². The van der Waals surface area contributed by atoms with Crippen LogP contribution in [-0.4, -0.2) is 65.7 Å². The van der Waals surface area contributed by atoms with Gasteiger partial charge in [0.05, 0.1) is 19.8 Å². The van der Waals surface area contributed by atoms with Crippen LogP contribution in [-0.2, 0) is 32.7 Å². The number of phosphoric acid groups is 1. The van der Waals surface area contributed by atoms with Crippen molar-refractivity contribution in [1.29, 1.82) is 0 Å². The third kappa shape index (κ3) is 48.9. The molecule has 0 radical (unpaired) electrons. The molecule has 3 atom stereocenters. The van der Waals surface area contributed by atoms with Crippen LogP contribution in [0, 0.1) is 0 Å². The maximum Gasteiger partial charge on any atom is 0.472 e. The molecule has 0 aliphatic rings. The Kier molecular flexibility index (Phi) is 46.9. The normalized spacial score (nSPS) is 14.4. The van der Waals surface area contributed by atoms with Gasteiger partial charge in [0.1, 0.15) is 12.7 Å². The van der Waals surface area contributed by atoms with Crippen molar-refractivity contribution in [2.45, 2.75) is 219 Å². The monoisotopic (exact) mass is 933 g/mol. The van der Waals surface area contributed by atoms with Crippen molar-refractivity contribution < 1.29 is 47.8 Å². The van der Waals surface area contributed by atoms with Gasteiger partial charge in [-0.15, -0.1) is 0 Å². The first-order valence-corrected chi connectivity index (χ1v) is 27.0. The Morgan fingerprint density at radius 1 is 0.477 bits per heavy atom. The summed E-state index contributed by atoms with van der Waals surface area (Å²) in [5.41, 5.74) is 0. The minimum absolute atomic E-state index is 0.107. The Labute approximate surface area is 396 Å². The van der Waals surface area contributed by atoms with Gasteiger partial charge in [0.15, 0.2) is 6.10 Å². The molecule has 0 saturated carbocycles. The van der Waals surface area contributed by atoms with E-state index in [1.54, 1.807) is 0 Å². The molecule has 0 heterocycles. The second-order valence-corrected chi connectivity index (χ2v) is 18.3. The van der Waals surface area contributed by atoms with E-state index in [2.05, 4.69) is 86.8 Å². The van der Waals surface area contributed by atoms with E-state index in [1.165, 1.54) is 109 Å². The highest BCUT2D eigenvalue weighted by Crippen LogP contribution is 2.43. The molecule has 0 aliphatic heterocycles. The van der Waals surface area contributed by atoms with Crippen LogP contribution in [0.2, 0.25) is 0 Å². The fourth-order valence-electron chi connectivity index (χ4n) is 6.67. The fourth-order valence-corrected chi connectivity index (χ4v) is 7.46. The van der Waals surface area contributed by atoms with Gasteiger partial charge in [-0.1, -0.05) is 208 Å². The number of aliphatic hydroxyl groups excluding tert-OH is 2. The van der Waals surface area contributed by atoms with Gasteiger partial charge in [-0.2, -0.15) is 0 Å². The van der Waals surface area contributed by atoms with Crippen LogP contribution in [0.15, 0.2) is 85.1 Å². The molecule has 0 aliphatic carbocycles. The third-order valence-corrected chi connectivity index (χ3v) is 11.5. The first kappa shape index (κ1) is 62.1. The van der Waals surface area contributed by atoms with Crippen molar-refractivity contribution >= 4 is 19.8 Å². The SMILES string of the molecule is CC/C=C/C/C=C/C/C=C/C/C=C/C/C=C/C/C=C/CCC(=O)OC[C@H](COP(=O)(O)OC[C@@H](O)CO)OC(=O)CCC/C=C/CCCCCCCCCCCCCCCCCCCC. The number of aliphatic hydroxyl groups is 2. The summed E-state index contributed by atoms with van der Waals surface area (Å²) in [5.74, 6) is -1.06. The molecule has 0 bridgehead atoms. The topological polar surface area (TPSA) is 149 Å². The molecule has 10 nitrogen and oxygen atoms in total. The molecule has 0 spiro atoms. The second kappa shape index (κ2) is 49.1. The minimum Gasteiger partial charge on any atom is -0.462 e. The molecule has 0 aromatic heterocycles. The zero-order chi connectivity index (χ0) is 47.6. The molecule has 65 heavy (non-hydrogen) atoms. The van der Waals surface area contributed by atoms with Gasteiger partial charge >= 0.3 is 19.8 Å². The molecule has 0 fully saturated rings. The Morgan fingerprint density at radius 2 is 0.877 bits per heavy atom. The lowest BCUT2D eigenvalue weighted by atomic mass is 10.0. The average Bonchev–Trinajstić information content (AvgIpc) is 3.30. The zero-order valence-electron chi connectivity index (χ0n) is 40.9. The van der Waals surface area contributed by atoms with Gasteiger partial charge in [-0.05, 0) is 70.6 Å². The first-order valence-electron chi connectivity index (χ1n) is 25.5. The summed E-state index contributed by atoms with van der Waals surface area (Å²) in [6.07, 6.45) is 60.1. The number of carbonyl (C=O) groups is 2. The minimum atomic E-state index is -4.65. The van der Waals surface area contributed by atoms with Gasteiger partial charge in [0.2, 0.25) is 0 Å². The van der Waals surface area contributed by atoms with Crippen LogP contribution in [0.3, 0.4) is 0 Å². The predicted molar refractivity (Wildman–Crippen MR) is 269 cm³/mol. The number of ether oxygens (including phenoxy) is 2. The van der Waals surface area contributed by atoms with Gasteiger partial charge in [-0.3, -0.25) is 18.6 Å². The standard InChI is InChI=1S/C54H93O10P/c1-3-5-7-9-11-13-15-17-19-21-23-24-25-26-28-30-32-34-36-38-40-42-44-46-54(58)64-52(50-63-65(59,60)62-48-51(56)47-55)49-61-53(57)45-43-41-39-37-35-33-31-29-27-22-20-18-16-14-12-10-8-6-4-2/h6,8,12,14,18,20,27,29,33,35,38-41,51-52,55-56H,3-5,7,9-11,13,15-17,19,21-26,28,30-32,34,36-37,42-50H2,1-2H3,(H,59,60)/b8-6+,14-12+,20-18+,29-27+,35-33+,40-38+,41-39+/t51-,52+/m0/s1. The van der Waals surface area contributed by atoms with Crippen molar-refractivity contribution in [1.82, 2.24) is 0 Å². The first-order chi connectivity index (χ1) is 31.7. The highest BCUT2D eigenvalue weighted by molar-refractivity contribution is 7.47. The molecule has 1 unspecified atom stereocenters. The van der Waals surface area contributed by atoms with Gasteiger partial charge in [0.25, 0.3) is 0 Å². The summed E-state index contributed by atoms with van der Waals surface area (Å²) in [4.78, 5) is 35.1. The third-order valence-electron chi connectivity index (χ3n) is 10.5. The van der Waals surface area contributed by atoms with E-state index >= 15 is 0 Å². The highest BCUT2D eigenvalue weighted by Gasteiger charge is 2.27. The molecular formula is C54H93O10P. The molecule has 0 amide bonds. The molecule has 3 N–H and O–H groups in total. The number of allylic oxidation sites excluding steroid dienone is 14. The number of carbonyl (C=O) groups excluding carboxylic acids is 2. The lowest BCUT2D eigenvalue weighted by Crippen LogP contribution is -2.29. The number of hydrogen-bond donors (Lipinski definition) is 3. The summed E-state index contributed by atoms with van der Waals surface area (Å²) in [5, 5.41) is 18.4. The number of unbranched alkanes of at least 4 members (excludes halogenated alkanes) is 19. The van der Waals surface area contributed by atoms with Crippen LogP contribution in [0.25, 0.3) is 0 Å². The Hall–Kier alpha value is -2.85. The van der Waals surface area contributed by atoms with E-state index in [-0.39, 0.29) is 19.4 Å². The molecule has 11 heteroatoms. The number of rotatable bonds is 47. The Balaban J connectivity index is 4.31. The smallest absolute Gasteiger partial charge is 0.462 e. The van der Waals surface area contributed by atoms with E-state index in [9.17, 15) is 24.2 Å². The van der Waals surface area contributed by atoms with E-state index < -0.39 is 51.8 Å². The molecule has 0 saturated heterocycles. The predicted octanol–water partition coefficient (Wildman–Crippen LogP) is 14.6. The summed E-state index contributed by atoms with van der Waals surface area (Å²) in [6, 6.07) is 0. The number of hydrogen-bond acceptors (Lipinski definition) is 9. The number of esters is 2. The largest absolute Gasteiger partial charge is 0.472 e. The summed E-state index contributed by atoms with van der Waals surface area (Å²) < 4.78 is 32.7. The fraction of sp³-hybridized carbons (Fsp3) is 0.704. The van der Waals surface area contributed by atoms with Gasteiger partial charge in [0, 0.05) is 12.8 Å². The molecule has 374 valence electrons. The average molecular weight is 933 g/mol. The van der Waals surface area contributed by atoms with Gasteiger partial charge < -0.3 is 24.6 Å². The summed E-state index contributed by atoms with van der Waals surface area (Å²) in [6.45, 7) is 2.17. The molecule has 0 aromatic carbocycles. The van der Waals surface area contributed by atoms with Crippen molar-refractivity contribution in [3.05, 3.63) is 85.1 Å². The van der Waals surface area contributed by atoms with Crippen LogP contribution in [0.4, 0.5) is 0 Å². The van der Waals surface area contributed by atoms with Crippen LogP contribution >= 0.6 is 7.82 Å². The van der Waals surface area contributed by atoms with E-state index in [4.69, 9.17) is 23.6 Å².